The van der Waals surface area contributed by atoms with E-state index in [1.54, 1.807) is 0 Å². The van der Waals surface area contributed by atoms with E-state index in [0.29, 0.717) is 10.2 Å². The SMILES string of the molecule is Cc1cc(C)c(NC(=O)c2cc(C)c(F)cc2F)c(Br)c1. The van der Waals surface area contributed by atoms with Gasteiger partial charge in [0.1, 0.15) is 11.6 Å². The Morgan fingerprint density at radius 3 is 2.29 bits per heavy atom. The van der Waals surface area contributed by atoms with Crippen LogP contribution >= 0.6 is 15.9 Å². The van der Waals surface area contributed by atoms with E-state index < -0.39 is 17.5 Å². The minimum atomic E-state index is -0.878. The fourth-order valence-corrected chi connectivity index (χ4v) is 2.86. The second-order valence-electron chi connectivity index (χ2n) is 4.97. The maximum Gasteiger partial charge on any atom is 0.258 e. The van der Waals surface area contributed by atoms with Crippen molar-refractivity contribution in [3.8, 4) is 0 Å². The largest absolute Gasteiger partial charge is 0.321 e. The molecule has 0 heterocycles. The van der Waals surface area contributed by atoms with Crippen LogP contribution in [0, 0.1) is 32.4 Å². The third-order valence-corrected chi connectivity index (χ3v) is 3.79. The van der Waals surface area contributed by atoms with Crippen LogP contribution in [0.25, 0.3) is 0 Å². The number of hydrogen-bond donors (Lipinski definition) is 1. The number of benzene rings is 2. The van der Waals surface area contributed by atoms with Gasteiger partial charge >= 0.3 is 0 Å². The summed E-state index contributed by atoms with van der Waals surface area (Å²) in [5.74, 6) is -2.16. The van der Waals surface area contributed by atoms with Crippen molar-refractivity contribution in [1.82, 2.24) is 0 Å². The Kier molecular flexibility index (Phi) is 4.42. The van der Waals surface area contributed by atoms with Gasteiger partial charge in [-0.3, -0.25) is 4.79 Å². The van der Waals surface area contributed by atoms with E-state index >= 15 is 0 Å². The number of rotatable bonds is 2. The third-order valence-electron chi connectivity index (χ3n) is 3.16. The van der Waals surface area contributed by atoms with Crippen molar-refractivity contribution in [2.45, 2.75) is 20.8 Å². The molecule has 5 heteroatoms. The Balaban J connectivity index is 2.37. The molecule has 0 atom stereocenters. The average Bonchev–Trinajstić information content (AvgIpc) is 2.37. The van der Waals surface area contributed by atoms with Crippen molar-refractivity contribution in [1.29, 1.82) is 0 Å². The summed E-state index contributed by atoms with van der Waals surface area (Å²) < 4.78 is 27.7. The molecule has 0 spiro atoms. The average molecular weight is 354 g/mol. The minimum Gasteiger partial charge on any atom is -0.321 e. The highest BCUT2D eigenvalue weighted by atomic mass is 79.9. The van der Waals surface area contributed by atoms with Crippen LogP contribution in [0.5, 0.6) is 0 Å². The van der Waals surface area contributed by atoms with Crippen molar-refractivity contribution >= 4 is 27.5 Å². The van der Waals surface area contributed by atoms with Gasteiger partial charge in [0.25, 0.3) is 5.91 Å². The first-order valence-corrected chi connectivity index (χ1v) is 7.12. The van der Waals surface area contributed by atoms with Crippen LogP contribution in [-0.2, 0) is 0 Å². The molecule has 0 aromatic heterocycles. The van der Waals surface area contributed by atoms with Crippen LogP contribution in [0.3, 0.4) is 0 Å². The summed E-state index contributed by atoms with van der Waals surface area (Å²) in [6.07, 6.45) is 0. The van der Waals surface area contributed by atoms with Gasteiger partial charge in [-0.05, 0) is 65.5 Å². The molecule has 2 rings (SSSR count). The Morgan fingerprint density at radius 1 is 1.00 bits per heavy atom. The first kappa shape index (κ1) is 15.6. The van der Waals surface area contributed by atoms with Crippen LogP contribution in [0.4, 0.5) is 14.5 Å². The van der Waals surface area contributed by atoms with E-state index in [9.17, 15) is 13.6 Å². The second kappa shape index (κ2) is 5.93. The van der Waals surface area contributed by atoms with Crippen LogP contribution < -0.4 is 5.32 Å². The second-order valence-corrected chi connectivity index (χ2v) is 5.83. The predicted octanol–water partition coefficient (Wildman–Crippen LogP) is 4.90. The molecule has 0 fully saturated rings. The highest BCUT2D eigenvalue weighted by Crippen LogP contribution is 2.28. The molecule has 2 nitrogen and oxygen atoms in total. The Hall–Kier alpha value is -1.75. The molecular weight excluding hydrogens is 340 g/mol. The van der Waals surface area contributed by atoms with Gasteiger partial charge < -0.3 is 5.32 Å². The number of nitrogens with one attached hydrogen (secondary N) is 1. The Labute approximate surface area is 130 Å². The molecule has 2 aromatic rings. The zero-order chi connectivity index (χ0) is 15.7. The number of amides is 1. The number of carbonyl (C=O) groups excluding carboxylic acids is 1. The summed E-state index contributed by atoms with van der Waals surface area (Å²) in [5.41, 5.74) is 2.52. The van der Waals surface area contributed by atoms with Crippen molar-refractivity contribution < 1.29 is 13.6 Å². The molecule has 1 N–H and O–H groups in total. The lowest BCUT2D eigenvalue weighted by Crippen LogP contribution is -2.15. The molecule has 0 radical (unpaired) electrons. The van der Waals surface area contributed by atoms with E-state index in [-0.39, 0.29) is 11.1 Å². The molecule has 2 aromatic carbocycles. The van der Waals surface area contributed by atoms with Gasteiger partial charge in [0, 0.05) is 10.5 Å². The molecule has 0 aliphatic carbocycles. The van der Waals surface area contributed by atoms with Crippen molar-refractivity contribution in [3.63, 3.8) is 0 Å². The maximum atomic E-state index is 13.7. The summed E-state index contributed by atoms with van der Waals surface area (Å²) >= 11 is 3.38. The Morgan fingerprint density at radius 2 is 1.67 bits per heavy atom. The van der Waals surface area contributed by atoms with Crippen molar-refractivity contribution in [2.24, 2.45) is 0 Å². The lowest BCUT2D eigenvalue weighted by molar-refractivity contribution is 0.102. The summed E-state index contributed by atoms with van der Waals surface area (Å²) in [4.78, 5) is 12.2. The first-order valence-electron chi connectivity index (χ1n) is 6.33. The quantitative estimate of drug-likeness (QED) is 0.816. The van der Waals surface area contributed by atoms with Crippen molar-refractivity contribution in [3.05, 3.63) is 62.6 Å². The van der Waals surface area contributed by atoms with E-state index in [4.69, 9.17) is 0 Å². The molecule has 21 heavy (non-hydrogen) atoms. The topological polar surface area (TPSA) is 29.1 Å². The predicted molar refractivity (Wildman–Crippen MR) is 82.7 cm³/mol. The fourth-order valence-electron chi connectivity index (χ4n) is 2.09. The summed E-state index contributed by atoms with van der Waals surface area (Å²) in [6.45, 7) is 5.27. The highest BCUT2D eigenvalue weighted by Gasteiger charge is 2.16. The minimum absolute atomic E-state index is 0.180. The fraction of sp³-hybridized carbons (Fsp3) is 0.188. The normalized spacial score (nSPS) is 10.6. The molecule has 0 unspecified atom stereocenters. The van der Waals surface area contributed by atoms with Gasteiger partial charge in [0.05, 0.1) is 11.3 Å². The third kappa shape index (κ3) is 3.29. The van der Waals surface area contributed by atoms with Crippen LogP contribution in [-0.4, -0.2) is 5.91 Å². The summed E-state index contributed by atoms with van der Waals surface area (Å²) in [6, 6.07) is 5.69. The van der Waals surface area contributed by atoms with Crippen LogP contribution in [0.15, 0.2) is 28.7 Å². The zero-order valence-corrected chi connectivity index (χ0v) is 13.4. The van der Waals surface area contributed by atoms with Gasteiger partial charge in [-0.1, -0.05) is 6.07 Å². The van der Waals surface area contributed by atoms with Gasteiger partial charge in [0.15, 0.2) is 0 Å². The number of aryl methyl sites for hydroxylation is 3. The van der Waals surface area contributed by atoms with Crippen LogP contribution in [0.2, 0.25) is 0 Å². The summed E-state index contributed by atoms with van der Waals surface area (Å²) in [5, 5.41) is 2.66. The maximum absolute atomic E-state index is 13.7. The molecule has 0 bridgehead atoms. The molecule has 0 aliphatic heterocycles. The summed E-state index contributed by atoms with van der Waals surface area (Å²) in [7, 11) is 0. The van der Waals surface area contributed by atoms with Crippen molar-refractivity contribution in [2.75, 3.05) is 5.32 Å². The lowest BCUT2D eigenvalue weighted by Gasteiger charge is -2.12. The number of carbonyl (C=O) groups is 1. The van der Waals surface area contributed by atoms with Gasteiger partial charge in [-0.25, -0.2) is 8.78 Å². The van der Waals surface area contributed by atoms with E-state index in [0.717, 1.165) is 17.2 Å². The molecular formula is C16H14BrF2NO. The first-order chi connectivity index (χ1) is 9.79. The van der Waals surface area contributed by atoms with E-state index in [1.165, 1.54) is 13.0 Å². The molecule has 1 amide bonds. The van der Waals surface area contributed by atoms with Gasteiger partial charge in [-0.2, -0.15) is 0 Å². The monoisotopic (exact) mass is 353 g/mol. The number of anilines is 1. The molecule has 0 aliphatic rings. The van der Waals surface area contributed by atoms with Gasteiger partial charge in [-0.15, -0.1) is 0 Å². The Bertz CT molecular complexity index is 705. The highest BCUT2D eigenvalue weighted by molar-refractivity contribution is 9.10. The smallest absolute Gasteiger partial charge is 0.258 e. The number of halogens is 3. The molecule has 110 valence electrons. The molecule has 0 saturated heterocycles. The standard InChI is InChI=1S/C16H14BrF2NO/c1-8-4-10(3)15(12(17)5-8)20-16(21)11-6-9(2)13(18)7-14(11)19/h4-7H,1-3H3,(H,20,21). The van der Waals surface area contributed by atoms with E-state index in [2.05, 4.69) is 21.2 Å². The zero-order valence-electron chi connectivity index (χ0n) is 11.9. The number of hydrogen-bond acceptors (Lipinski definition) is 1. The van der Waals surface area contributed by atoms with Gasteiger partial charge in [0.2, 0.25) is 0 Å². The lowest BCUT2D eigenvalue weighted by atomic mass is 10.1. The van der Waals surface area contributed by atoms with Crippen LogP contribution in [0.1, 0.15) is 27.0 Å². The van der Waals surface area contributed by atoms with E-state index in [1.807, 2.05) is 26.0 Å². The molecule has 0 saturated carbocycles.